The maximum absolute atomic E-state index is 13.8. The summed E-state index contributed by atoms with van der Waals surface area (Å²) in [5.74, 6) is 0. The Morgan fingerprint density at radius 3 is 1.30 bits per heavy atom. The van der Waals surface area contributed by atoms with Gasteiger partial charge in [0.05, 0.1) is 20.4 Å². The topological polar surface area (TPSA) is 124 Å². The molecule has 0 N–H and O–H groups in total. The van der Waals surface area contributed by atoms with Crippen LogP contribution in [0.4, 0.5) is 14.8 Å². The number of thiophene rings is 2. The minimum absolute atomic E-state index is 0.0185. The second kappa shape index (κ2) is 11.7. The van der Waals surface area contributed by atoms with Crippen molar-refractivity contribution in [2.24, 2.45) is 9.98 Å². The van der Waals surface area contributed by atoms with Gasteiger partial charge in [-0.05, 0) is 63.5 Å². The van der Waals surface area contributed by atoms with E-state index < -0.39 is 27.8 Å². The van der Waals surface area contributed by atoms with E-state index in [0.29, 0.717) is 52.0 Å². The van der Waals surface area contributed by atoms with Gasteiger partial charge in [-0.1, -0.05) is 78.9 Å². The standard InChI is InChI=1S/C42H21N3O6S2/c46-36-26-14-22-10-4-5-11-23(22)15-27(26)37(47)34(36)43-32-18-30-40(52-32)41-31(45(30)42(50)51-20-21-8-2-1-3-9-21)19-33(53-41)44-35-38(48)28-16-24-12-6-7-13-25(24)17-29(28)39(35)49/h1-19H,20H2. The van der Waals surface area contributed by atoms with Gasteiger partial charge in [-0.15, -0.1) is 22.7 Å². The van der Waals surface area contributed by atoms with Crippen LogP contribution in [0.1, 0.15) is 5.56 Å². The third-order valence-corrected chi connectivity index (χ3v) is 11.7. The van der Waals surface area contributed by atoms with E-state index in [4.69, 9.17) is 4.74 Å². The molecule has 0 aliphatic rings. The summed E-state index contributed by atoms with van der Waals surface area (Å²) in [5.41, 5.74) is -0.0962. The molecule has 10 aromatic rings. The fraction of sp³-hybridized carbons (Fsp3) is 0.0238. The molecular weight excluding hydrogens is 707 g/mol. The third kappa shape index (κ3) is 4.85. The minimum Gasteiger partial charge on any atom is -0.444 e. The number of fused-ring (bicyclic) bond motifs is 7. The quantitative estimate of drug-likeness (QED) is 0.187. The molecule has 7 aromatic carbocycles. The van der Waals surface area contributed by atoms with Crippen LogP contribution in [-0.2, 0) is 11.3 Å². The first-order valence-corrected chi connectivity index (χ1v) is 18.2. The molecule has 0 spiro atoms. The molecule has 0 saturated carbocycles. The van der Waals surface area contributed by atoms with Crippen molar-refractivity contribution in [3.8, 4) is 0 Å². The van der Waals surface area contributed by atoms with Crippen molar-refractivity contribution in [2.45, 2.75) is 6.61 Å². The molecule has 0 atom stereocenters. The van der Waals surface area contributed by atoms with Crippen LogP contribution in [0.3, 0.4) is 0 Å². The van der Waals surface area contributed by atoms with E-state index in [1.807, 2.05) is 78.9 Å². The van der Waals surface area contributed by atoms with Gasteiger partial charge in [-0.3, -0.25) is 19.2 Å². The van der Waals surface area contributed by atoms with Crippen LogP contribution in [0.25, 0.3) is 63.5 Å². The van der Waals surface area contributed by atoms with Crippen LogP contribution in [0.2, 0.25) is 0 Å². The maximum Gasteiger partial charge on any atom is 0.419 e. The van der Waals surface area contributed by atoms with Crippen LogP contribution in [-0.4, -0.2) is 10.7 Å². The molecule has 0 radical (unpaired) electrons. The molecule has 0 fully saturated rings. The monoisotopic (exact) mass is 727 g/mol. The number of nitrogens with zero attached hydrogens (tertiary/aromatic N) is 3. The molecule has 252 valence electrons. The van der Waals surface area contributed by atoms with Gasteiger partial charge >= 0.3 is 6.09 Å². The Morgan fingerprint density at radius 2 is 0.906 bits per heavy atom. The molecule has 3 aromatic heterocycles. The first-order chi connectivity index (χ1) is 25.8. The Balaban J connectivity index is 1.15. The number of carbonyl (C=O) groups excluding carboxylic acids is 1. The average Bonchev–Trinajstić information content (AvgIpc) is 3.95. The summed E-state index contributed by atoms with van der Waals surface area (Å²) in [7, 11) is 0. The van der Waals surface area contributed by atoms with E-state index in [1.54, 1.807) is 36.4 Å². The van der Waals surface area contributed by atoms with Gasteiger partial charge < -0.3 is 4.74 Å². The summed E-state index contributed by atoms with van der Waals surface area (Å²) in [6.45, 7) is 0.0185. The molecule has 0 saturated heterocycles. The highest BCUT2D eigenvalue weighted by Crippen LogP contribution is 2.45. The zero-order chi connectivity index (χ0) is 36.0. The first-order valence-electron chi connectivity index (χ1n) is 16.5. The van der Waals surface area contributed by atoms with Crippen LogP contribution < -0.4 is 32.4 Å². The highest BCUT2D eigenvalue weighted by Gasteiger charge is 2.24. The van der Waals surface area contributed by atoms with Gasteiger partial charge in [0.1, 0.15) is 16.6 Å². The summed E-state index contributed by atoms with van der Waals surface area (Å²) in [4.78, 5) is 76.9. The van der Waals surface area contributed by atoms with Crippen molar-refractivity contribution in [1.82, 2.24) is 4.57 Å². The van der Waals surface area contributed by atoms with Gasteiger partial charge in [0, 0.05) is 21.5 Å². The van der Waals surface area contributed by atoms with Gasteiger partial charge in [0.2, 0.25) is 21.7 Å². The lowest BCUT2D eigenvalue weighted by Crippen LogP contribution is -2.31. The molecule has 0 bridgehead atoms. The maximum atomic E-state index is 13.8. The Hall–Kier alpha value is -6.69. The van der Waals surface area contributed by atoms with E-state index in [1.165, 1.54) is 27.2 Å². The van der Waals surface area contributed by atoms with E-state index in [9.17, 15) is 24.0 Å². The summed E-state index contributed by atoms with van der Waals surface area (Å²) < 4.78 is 8.43. The fourth-order valence-electron chi connectivity index (χ4n) is 6.99. The minimum atomic E-state index is -0.665. The molecule has 0 aliphatic heterocycles. The number of aromatic nitrogens is 1. The zero-order valence-corrected chi connectivity index (χ0v) is 28.9. The fourth-order valence-corrected chi connectivity index (χ4v) is 9.18. The Bertz CT molecular complexity index is 3180. The summed E-state index contributed by atoms with van der Waals surface area (Å²) in [6.07, 6.45) is -0.665. The summed E-state index contributed by atoms with van der Waals surface area (Å²) in [5, 5.41) is 4.89. The molecule has 9 nitrogen and oxygen atoms in total. The zero-order valence-electron chi connectivity index (χ0n) is 27.3. The molecule has 0 amide bonds. The van der Waals surface area contributed by atoms with Gasteiger partial charge in [0.15, 0.2) is 10.7 Å². The van der Waals surface area contributed by atoms with Crippen LogP contribution in [0.5, 0.6) is 0 Å². The Labute approximate surface area is 304 Å². The number of benzene rings is 5. The Morgan fingerprint density at radius 1 is 0.528 bits per heavy atom. The lowest BCUT2D eigenvalue weighted by molar-refractivity contribution is 0.143. The Kier molecular flexibility index (Phi) is 6.84. The molecule has 0 aliphatic carbocycles. The van der Waals surface area contributed by atoms with Crippen molar-refractivity contribution < 1.29 is 9.53 Å². The van der Waals surface area contributed by atoms with Gasteiger partial charge in [-0.2, -0.15) is 0 Å². The molecule has 0 unspecified atom stereocenters. The molecule has 10 rings (SSSR count). The number of rotatable bonds is 4. The molecule has 11 heteroatoms. The number of hydrogen-bond donors (Lipinski definition) is 0. The van der Waals surface area contributed by atoms with Gasteiger partial charge in [0.25, 0.3) is 0 Å². The van der Waals surface area contributed by atoms with Crippen molar-refractivity contribution in [3.05, 3.63) is 172 Å². The second-order valence-corrected chi connectivity index (χ2v) is 14.8. The average molecular weight is 728 g/mol. The predicted octanol–water partition coefficient (Wildman–Crippen LogP) is 7.37. The van der Waals surface area contributed by atoms with E-state index in [-0.39, 0.29) is 17.3 Å². The summed E-state index contributed by atoms with van der Waals surface area (Å²) in [6, 6.07) is 34.4. The third-order valence-electron chi connectivity index (χ3n) is 9.53. The largest absolute Gasteiger partial charge is 0.444 e. The lowest BCUT2D eigenvalue weighted by Gasteiger charge is -2.07. The van der Waals surface area contributed by atoms with Crippen LogP contribution in [0, 0.1) is 0 Å². The highest BCUT2D eigenvalue weighted by molar-refractivity contribution is 7.30. The van der Waals surface area contributed by atoms with E-state index in [2.05, 4.69) is 9.98 Å². The predicted molar refractivity (Wildman–Crippen MR) is 210 cm³/mol. The number of hydrogen-bond acceptors (Lipinski definition) is 10. The molecule has 3 heterocycles. The molecular formula is C42H21N3O6S2. The SMILES string of the molecule is O=C(OCc1ccccc1)n1c2cc(N=c3c(=O)c4cc5ccccc5cc4c3=O)sc2c2sc(N=c3c(=O)c4cc5ccccc5cc4c3=O)cc21. The van der Waals surface area contributed by atoms with E-state index in [0.717, 1.165) is 27.1 Å². The molecule has 53 heavy (non-hydrogen) atoms. The lowest BCUT2D eigenvalue weighted by atomic mass is 10.1. The second-order valence-electron chi connectivity index (χ2n) is 12.7. The number of carbonyl (C=O) groups is 1. The van der Waals surface area contributed by atoms with Crippen molar-refractivity contribution in [2.75, 3.05) is 0 Å². The van der Waals surface area contributed by atoms with Crippen molar-refractivity contribution in [3.63, 3.8) is 0 Å². The number of ether oxygens (including phenoxy) is 1. The smallest absolute Gasteiger partial charge is 0.419 e. The van der Waals surface area contributed by atoms with Gasteiger partial charge in [-0.25, -0.2) is 19.3 Å². The van der Waals surface area contributed by atoms with Crippen LogP contribution >= 0.6 is 22.7 Å². The van der Waals surface area contributed by atoms with Crippen molar-refractivity contribution >= 4 is 102 Å². The normalized spacial score (nSPS) is 11.8. The van der Waals surface area contributed by atoms with Crippen molar-refractivity contribution in [1.29, 1.82) is 0 Å². The first kappa shape index (κ1) is 31.1. The highest BCUT2D eigenvalue weighted by atomic mass is 32.1. The van der Waals surface area contributed by atoms with Crippen LogP contribution in [0.15, 0.2) is 144 Å². The van der Waals surface area contributed by atoms with E-state index >= 15 is 0 Å². The summed E-state index contributed by atoms with van der Waals surface area (Å²) >= 11 is 2.42.